The van der Waals surface area contributed by atoms with Crippen molar-refractivity contribution in [3.8, 4) is 0 Å². The molecule has 0 atom stereocenters. The first-order valence-corrected chi connectivity index (χ1v) is 15.6. The normalized spacial score (nSPS) is 13.1. The third-order valence-corrected chi connectivity index (χ3v) is 18.6. The molecule has 0 aliphatic carbocycles. The first-order valence-electron chi connectivity index (χ1n) is 8.13. The Morgan fingerprint density at radius 2 is 1.00 bits per heavy atom. The molecule has 0 amide bonds. The van der Waals surface area contributed by atoms with Crippen molar-refractivity contribution in [3.05, 3.63) is 21.6 Å². The number of halogens is 5. The van der Waals surface area contributed by atoms with Gasteiger partial charge in [0.05, 0.1) is 0 Å². The Morgan fingerprint density at radius 3 is 1.27 bits per heavy atom. The Balaban J connectivity index is 5.74. The monoisotopic (exact) mass is 434 g/mol. The molecule has 0 unspecified atom stereocenters. The molecule has 0 saturated heterocycles. The summed E-state index contributed by atoms with van der Waals surface area (Å²) in [6.45, 7) is 5.86. The molecular formula is C16H27F5Sn. The van der Waals surface area contributed by atoms with E-state index in [1.54, 1.807) is 0 Å². The van der Waals surface area contributed by atoms with E-state index < -0.39 is 40.0 Å². The van der Waals surface area contributed by atoms with Crippen molar-refractivity contribution in [1.82, 2.24) is 0 Å². The van der Waals surface area contributed by atoms with Crippen LogP contribution >= 0.6 is 0 Å². The van der Waals surface area contributed by atoms with Crippen LogP contribution in [0.4, 0.5) is 22.0 Å². The molecule has 0 bridgehead atoms. The number of rotatable bonds is 11. The van der Waals surface area contributed by atoms with E-state index in [9.17, 15) is 22.0 Å². The minimum atomic E-state index is -3.79. The molecule has 0 aromatic heterocycles. The van der Waals surface area contributed by atoms with Crippen molar-refractivity contribution in [2.75, 3.05) is 0 Å². The van der Waals surface area contributed by atoms with E-state index in [1.165, 1.54) is 0 Å². The summed E-state index contributed by atoms with van der Waals surface area (Å²) in [5.74, 6) is -4.25. The molecule has 0 N–H and O–H groups in total. The second-order valence-electron chi connectivity index (χ2n) is 5.79. The molecule has 6 heteroatoms. The zero-order valence-corrected chi connectivity index (χ0v) is 16.6. The predicted molar refractivity (Wildman–Crippen MR) is 84.5 cm³/mol. The quantitative estimate of drug-likeness (QED) is 0.179. The zero-order chi connectivity index (χ0) is 17.2. The van der Waals surface area contributed by atoms with Crippen LogP contribution in [0, 0.1) is 0 Å². The van der Waals surface area contributed by atoms with Crippen molar-refractivity contribution in [3.63, 3.8) is 0 Å². The van der Waals surface area contributed by atoms with Gasteiger partial charge in [0.25, 0.3) is 0 Å². The van der Waals surface area contributed by atoms with Gasteiger partial charge in [-0.3, -0.25) is 0 Å². The number of unbranched alkanes of at least 4 members (excludes halogenated alkanes) is 3. The summed E-state index contributed by atoms with van der Waals surface area (Å²) in [6, 6.07) is 0. The SMILES string of the molecule is CCC[CH2][Sn]([CH2]CCC)([CH2]CCC)/[C](F)=C(\F)C(F)=C(F)F. The number of allylic oxidation sites excluding steroid dienone is 2. The van der Waals surface area contributed by atoms with Crippen molar-refractivity contribution < 1.29 is 22.0 Å². The van der Waals surface area contributed by atoms with Gasteiger partial charge in [-0.25, -0.2) is 0 Å². The molecule has 0 nitrogen and oxygen atoms in total. The fourth-order valence-electron chi connectivity index (χ4n) is 2.66. The molecule has 0 radical (unpaired) electrons. The van der Waals surface area contributed by atoms with Gasteiger partial charge in [-0.15, -0.1) is 0 Å². The van der Waals surface area contributed by atoms with E-state index in [1.807, 2.05) is 20.8 Å². The van der Waals surface area contributed by atoms with Crippen molar-refractivity contribution in [1.29, 1.82) is 0 Å². The summed E-state index contributed by atoms with van der Waals surface area (Å²) in [5.41, 5.74) is 0. The van der Waals surface area contributed by atoms with Crippen LogP contribution < -0.4 is 0 Å². The Hall–Kier alpha value is -0.0713. The van der Waals surface area contributed by atoms with Gasteiger partial charge in [0.2, 0.25) is 0 Å². The van der Waals surface area contributed by atoms with Crippen LogP contribution in [0.5, 0.6) is 0 Å². The molecule has 0 saturated carbocycles. The first kappa shape index (κ1) is 21.9. The van der Waals surface area contributed by atoms with E-state index in [0.717, 1.165) is 38.5 Å². The van der Waals surface area contributed by atoms with Crippen LogP contribution in [0.2, 0.25) is 13.3 Å². The summed E-state index contributed by atoms with van der Waals surface area (Å²) in [6.07, 6.45) is 1.95. The van der Waals surface area contributed by atoms with Crippen molar-refractivity contribution >= 4 is 18.4 Å². The van der Waals surface area contributed by atoms with E-state index >= 15 is 0 Å². The molecule has 0 aliphatic rings. The summed E-state index contributed by atoms with van der Waals surface area (Å²) in [7, 11) is 0. The van der Waals surface area contributed by atoms with Crippen LogP contribution in [-0.4, -0.2) is 18.4 Å². The van der Waals surface area contributed by atoms with Gasteiger partial charge in [0.15, 0.2) is 0 Å². The third-order valence-electron chi connectivity index (χ3n) is 4.04. The van der Waals surface area contributed by atoms with Gasteiger partial charge < -0.3 is 0 Å². The molecule has 0 rings (SSSR count). The fraction of sp³-hybridized carbons (Fsp3) is 0.750. The van der Waals surface area contributed by atoms with Gasteiger partial charge in [-0.2, -0.15) is 0 Å². The fourth-order valence-corrected chi connectivity index (χ4v) is 17.1. The van der Waals surface area contributed by atoms with Crippen molar-refractivity contribution in [2.24, 2.45) is 0 Å². The molecule has 0 spiro atoms. The van der Waals surface area contributed by atoms with E-state index in [-0.39, 0.29) is 0 Å². The average molecular weight is 433 g/mol. The predicted octanol–water partition coefficient (Wildman–Crippen LogP) is 7.60. The van der Waals surface area contributed by atoms with Gasteiger partial charge in [-0.05, 0) is 0 Å². The Bertz CT molecular complexity index is 364. The van der Waals surface area contributed by atoms with Gasteiger partial charge >= 0.3 is 135 Å². The molecule has 0 aliphatic heterocycles. The Kier molecular flexibility index (Phi) is 11.4. The molecular weight excluding hydrogens is 406 g/mol. The van der Waals surface area contributed by atoms with Crippen LogP contribution in [0.25, 0.3) is 0 Å². The second kappa shape index (κ2) is 11.5. The summed E-state index contributed by atoms with van der Waals surface area (Å²) < 4.78 is 66.8. The summed E-state index contributed by atoms with van der Waals surface area (Å²) in [5, 5.41) is 0. The zero-order valence-electron chi connectivity index (χ0n) is 13.8. The van der Waals surface area contributed by atoms with Crippen LogP contribution in [0.1, 0.15) is 59.3 Å². The van der Waals surface area contributed by atoms with E-state index in [0.29, 0.717) is 13.3 Å². The second-order valence-corrected chi connectivity index (χ2v) is 18.6. The average Bonchev–Trinajstić information content (AvgIpc) is 2.52. The van der Waals surface area contributed by atoms with E-state index in [2.05, 4.69) is 0 Å². The van der Waals surface area contributed by atoms with Crippen LogP contribution in [0.15, 0.2) is 21.6 Å². The maximum atomic E-state index is 14.7. The summed E-state index contributed by atoms with van der Waals surface area (Å²) >= 11 is -3.79. The molecule has 0 heterocycles. The third kappa shape index (κ3) is 6.59. The van der Waals surface area contributed by atoms with Crippen molar-refractivity contribution in [2.45, 2.75) is 72.6 Å². The topological polar surface area (TPSA) is 0 Å². The number of hydrogen-bond donors (Lipinski definition) is 0. The molecule has 0 aromatic carbocycles. The first-order chi connectivity index (χ1) is 10.4. The molecule has 0 aromatic rings. The maximum absolute atomic E-state index is 14.7. The van der Waals surface area contributed by atoms with Crippen LogP contribution in [-0.2, 0) is 0 Å². The molecule has 22 heavy (non-hydrogen) atoms. The van der Waals surface area contributed by atoms with Gasteiger partial charge in [-0.1, -0.05) is 0 Å². The molecule has 0 fully saturated rings. The van der Waals surface area contributed by atoms with Gasteiger partial charge in [0.1, 0.15) is 0 Å². The van der Waals surface area contributed by atoms with Gasteiger partial charge in [0, 0.05) is 0 Å². The van der Waals surface area contributed by atoms with Crippen LogP contribution in [0.3, 0.4) is 0 Å². The van der Waals surface area contributed by atoms with E-state index in [4.69, 9.17) is 0 Å². The Morgan fingerprint density at radius 1 is 0.636 bits per heavy atom. The molecule has 130 valence electrons. The standard InChI is InChI=1S/C4F5.3C4H9.Sn/c5-1-2(6)3(7)4(8)9;3*1-3-4-2;/h;3*1,3-4H2,2H3;. The minimum absolute atomic E-state index is 0.561. The number of hydrogen-bond acceptors (Lipinski definition) is 0. The Labute approximate surface area is 134 Å². The summed E-state index contributed by atoms with van der Waals surface area (Å²) in [4.78, 5) is 0.